The van der Waals surface area contributed by atoms with E-state index in [4.69, 9.17) is 26.7 Å². The first-order valence-electron chi connectivity index (χ1n) is 14.8. The second kappa shape index (κ2) is 13.1. The first-order valence-corrected chi connectivity index (χ1v) is 16.8. The summed E-state index contributed by atoms with van der Waals surface area (Å²) in [5.41, 5.74) is 5.06. The Balaban J connectivity index is 1.07. The van der Waals surface area contributed by atoms with Crippen LogP contribution in [0, 0.1) is 17.2 Å². The highest BCUT2D eigenvalue weighted by Crippen LogP contribution is 2.46. The Morgan fingerprint density at radius 1 is 0.952 bits per heavy atom. The summed E-state index contributed by atoms with van der Waals surface area (Å²) < 4.78 is 7.78. The van der Waals surface area contributed by atoms with Gasteiger partial charge >= 0.3 is 0 Å². The number of piperidine rings is 2. The molecule has 9 heteroatoms. The normalized spacial score (nSPS) is 19.5. The minimum atomic E-state index is 0.173. The number of nitrogens with one attached hydrogen (secondary N) is 1. The Morgan fingerprint density at radius 2 is 1.64 bits per heavy atom. The van der Waals surface area contributed by atoms with Gasteiger partial charge in [0, 0.05) is 58.7 Å². The Hall–Kier alpha value is -2.42. The van der Waals surface area contributed by atoms with Gasteiger partial charge in [-0.15, -0.1) is 0 Å². The molecule has 3 heterocycles. The summed E-state index contributed by atoms with van der Waals surface area (Å²) in [6.07, 6.45) is 8.07. The Labute approximate surface area is 269 Å². The fourth-order valence-electron chi connectivity index (χ4n) is 6.89. The lowest BCUT2D eigenvalue weighted by molar-refractivity contribution is -0.134. The molecule has 1 aromatic heterocycles. The van der Waals surface area contributed by atoms with Crippen molar-refractivity contribution in [1.29, 1.82) is 5.41 Å². The number of nitrogens with zero attached hydrogens (tertiary/aromatic N) is 3. The number of benzene rings is 2. The van der Waals surface area contributed by atoms with Gasteiger partial charge < -0.3 is 14.5 Å². The molecular weight excluding hydrogens is 680 g/mol. The van der Waals surface area contributed by atoms with Crippen LogP contribution in [0.2, 0.25) is 5.02 Å². The molecule has 0 saturated carbocycles. The summed E-state index contributed by atoms with van der Waals surface area (Å²) in [5, 5.41) is 9.10. The number of rotatable bonds is 4. The number of hydrogen-bond acceptors (Lipinski definition) is 4. The highest BCUT2D eigenvalue weighted by molar-refractivity contribution is 9.10. The monoisotopic (exact) mass is 712 g/mol. The van der Waals surface area contributed by atoms with E-state index >= 15 is 0 Å². The molecule has 1 atom stereocenters. The smallest absolute Gasteiger partial charge is 0.289 e. The number of amidine groups is 1. The van der Waals surface area contributed by atoms with Crippen molar-refractivity contribution in [1.82, 2.24) is 14.8 Å². The maximum Gasteiger partial charge on any atom is 0.289 e. The number of ether oxygens (including phenoxy) is 1. The minimum Gasteiger partial charge on any atom is -0.426 e. The van der Waals surface area contributed by atoms with Crippen molar-refractivity contribution in [3.8, 4) is 5.75 Å². The number of pyridine rings is 1. The molecule has 42 heavy (non-hydrogen) atoms. The molecule has 220 valence electrons. The van der Waals surface area contributed by atoms with Crippen LogP contribution in [0.15, 0.2) is 63.7 Å². The zero-order valence-electron chi connectivity index (χ0n) is 23.5. The van der Waals surface area contributed by atoms with Crippen LogP contribution < -0.4 is 4.74 Å². The summed E-state index contributed by atoms with van der Waals surface area (Å²) in [5.74, 6) is 1.86. The quantitative estimate of drug-likeness (QED) is 0.221. The van der Waals surface area contributed by atoms with Gasteiger partial charge in [-0.3, -0.25) is 15.2 Å². The van der Waals surface area contributed by atoms with Crippen molar-refractivity contribution in [2.45, 2.75) is 50.9 Å². The van der Waals surface area contributed by atoms with Gasteiger partial charge in [-0.2, -0.15) is 0 Å². The van der Waals surface area contributed by atoms with Crippen LogP contribution >= 0.6 is 43.5 Å². The molecule has 3 aliphatic rings. The lowest BCUT2D eigenvalue weighted by atomic mass is 9.76. The standard InChI is InChI=1S/C33H35Br2ClN4O2/c34-25-17-24-7-6-23-18-26(36)19-28(35)30(23)31(32(24)38-20-25)22-10-14-39(15-11-22)29(41)16-21-8-12-40(13-9-21)33(37)42-27-4-2-1-3-5-27/h1-5,17-22,31,37H,6-16H2/t31-/m1/s1. The molecule has 3 aromatic rings. The SMILES string of the molecule is N=C(Oc1ccccc1)N1CCC(CC(=O)N2CCC([C@H]3c4ncc(Br)cc4CCc4cc(Cl)cc(Br)c43)CC2)CC1. The molecule has 6 rings (SSSR count). The number of carbonyl (C=O) groups excluding carboxylic acids is 1. The number of aryl methyl sites for hydroxylation is 2. The summed E-state index contributed by atoms with van der Waals surface area (Å²) in [4.78, 5) is 22.4. The summed E-state index contributed by atoms with van der Waals surface area (Å²) in [6.45, 7) is 3.05. The van der Waals surface area contributed by atoms with Gasteiger partial charge in [0.25, 0.3) is 6.02 Å². The average Bonchev–Trinajstić information content (AvgIpc) is 3.15. The molecule has 0 radical (unpaired) electrons. The van der Waals surface area contributed by atoms with Crippen LogP contribution in [0.1, 0.15) is 60.4 Å². The Morgan fingerprint density at radius 3 is 2.38 bits per heavy atom. The van der Waals surface area contributed by atoms with Crippen molar-refractivity contribution < 1.29 is 9.53 Å². The van der Waals surface area contributed by atoms with Gasteiger partial charge in [0.1, 0.15) is 5.75 Å². The van der Waals surface area contributed by atoms with Gasteiger partial charge in [-0.25, -0.2) is 0 Å². The third-order valence-corrected chi connectivity index (χ3v) is 10.4. The molecule has 1 N–H and O–H groups in total. The number of fused-ring (bicyclic) bond motifs is 2. The number of carbonyl (C=O) groups is 1. The van der Waals surface area contributed by atoms with Crippen LogP contribution in [0.4, 0.5) is 0 Å². The van der Waals surface area contributed by atoms with E-state index in [1.807, 2.05) is 47.5 Å². The van der Waals surface area contributed by atoms with Crippen molar-refractivity contribution in [2.24, 2.45) is 11.8 Å². The van der Waals surface area contributed by atoms with E-state index in [0.717, 1.165) is 78.7 Å². The third kappa shape index (κ3) is 6.56. The molecule has 2 saturated heterocycles. The second-order valence-electron chi connectivity index (χ2n) is 11.7. The van der Waals surface area contributed by atoms with E-state index in [0.29, 0.717) is 24.0 Å². The summed E-state index contributed by atoms with van der Waals surface area (Å²) in [7, 11) is 0. The summed E-state index contributed by atoms with van der Waals surface area (Å²) >= 11 is 14.0. The molecule has 6 nitrogen and oxygen atoms in total. The maximum absolute atomic E-state index is 13.4. The zero-order valence-corrected chi connectivity index (χ0v) is 27.4. The van der Waals surface area contributed by atoms with E-state index in [2.05, 4.69) is 48.9 Å². The molecule has 2 fully saturated rings. The van der Waals surface area contributed by atoms with E-state index in [-0.39, 0.29) is 17.8 Å². The third-order valence-electron chi connectivity index (χ3n) is 9.10. The minimum absolute atomic E-state index is 0.173. The number of likely N-dealkylation sites (tertiary alicyclic amines) is 2. The van der Waals surface area contributed by atoms with Gasteiger partial charge in [-0.05, 0) is 113 Å². The first-order chi connectivity index (χ1) is 20.4. The highest BCUT2D eigenvalue weighted by atomic mass is 79.9. The predicted molar refractivity (Wildman–Crippen MR) is 173 cm³/mol. The molecule has 0 bridgehead atoms. The van der Waals surface area contributed by atoms with Crippen molar-refractivity contribution >= 4 is 55.4 Å². The highest BCUT2D eigenvalue weighted by Gasteiger charge is 2.37. The molecule has 0 unspecified atom stereocenters. The predicted octanol–water partition coefficient (Wildman–Crippen LogP) is 7.84. The van der Waals surface area contributed by atoms with Crippen LogP contribution in [0.3, 0.4) is 0 Å². The number of hydrogen-bond donors (Lipinski definition) is 1. The topological polar surface area (TPSA) is 69.5 Å². The number of aromatic nitrogens is 1. The van der Waals surface area contributed by atoms with E-state index in [1.165, 1.54) is 22.4 Å². The van der Waals surface area contributed by atoms with Gasteiger partial charge in [0.05, 0.1) is 5.69 Å². The number of amides is 1. The van der Waals surface area contributed by atoms with Crippen LogP contribution in [0.25, 0.3) is 0 Å². The molecular formula is C33H35Br2ClN4O2. The molecule has 0 spiro atoms. The van der Waals surface area contributed by atoms with Crippen LogP contribution in [0.5, 0.6) is 5.75 Å². The fraction of sp³-hybridized carbons (Fsp3) is 0.424. The maximum atomic E-state index is 13.4. The van der Waals surface area contributed by atoms with Crippen molar-refractivity contribution in [2.75, 3.05) is 26.2 Å². The van der Waals surface area contributed by atoms with Crippen LogP contribution in [-0.4, -0.2) is 52.9 Å². The molecule has 1 aliphatic carbocycles. The average molecular weight is 715 g/mol. The molecule has 1 amide bonds. The lowest BCUT2D eigenvalue weighted by Gasteiger charge is -2.38. The number of halogens is 3. The Bertz CT molecular complexity index is 1450. The van der Waals surface area contributed by atoms with E-state index in [1.54, 1.807) is 0 Å². The van der Waals surface area contributed by atoms with E-state index in [9.17, 15) is 4.79 Å². The first kappa shape index (κ1) is 29.6. The lowest BCUT2D eigenvalue weighted by Crippen LogP contribution is -2.43. The summed E-state index contributed by atoms with van der Waals surface area (Å²) in [6, 6.07) is 16.0. The Kier molecular flexibility index (Phi) is 9.22. The second-order valence-corrected chi connectivity index (χ2v) is 13.9. The largest absolute Gasteiger partial charge is 0.426 e. The van der Waals surface area contributed by atoms with Crippen molar-refractivity contribution in [3.05, 3.63) is 91.1 Å². The van der Waals surface area contributed by atoms with Crippen LogP contribution in [-0.2, 0) is 17.6 Å². The van der Waals surface area contributed by atoms with Gasteiger partial charge in [0.2, 0.25) is 5.91 Å². The van der Waals surface area contributed by atoms with Gasteiger partial charge in [0.15, 0.2) is 0 Å². The van der Waals surface area contributed by atoms with Crippen molar-refractivity contribution in [3.63, 3.8) is 0 Å². The van der Waals surface area contributed by atoms with Gasteiger partial charge in [-0.1, -0.05) is 45.7 Å². The molecule has 2 aliphatic heterocycles. The number of para-hydroxylation sites is 1. The zero-order chi connectivity index (χ0) is 29.2. The molecule has 2 aromatic carbocycles. The fourth-order valence-corrected chi connectivity index (χ4v) is 8.39. The van der Waals surface area contributed by atoms with E-state index < -0.39 is 0 Å².